The monoisotopic (exact) mass is 533 g/mol. The van der Waals surface area contributed by atoms with Crippen molar-refractivity contribution >= 4 is 23.6 Å². The van der Waals surface area contributed by atoms with Gasteiger partial charge in [-0.2, -0.15) is 0 Å². The van der Waals surface area contributed by atoms with Gasteiger partial charge in [0.1, 0.15) is 17.7 Å². The van der Waals surface area contributed by atoms with Gasteiger partial charge >= 0.3 is 6.09 Å². The minimum absolute atomic E-state index is 0.0947. The van der Waals surface area contributed by atoms with E-state index in [0.29, 0.717) is 29.7 Å². The number of terminal acetylenes is 1. The molecule has 0 aliphatic heterocycles. The second kappa shape index (κ2) is 13.8. The number of nitrogens with zero attached hydrogens (tertiary/aromatic N) is 1. The van der Waals surface area contributed by atoms with E-state index < -0.39 is 23.8 Å². The van der Waals surface area contributed by atoms with E-state index in [9.17, 15) is 14.4 Å². The summed E-state index contributed by atoms with van der Waals surface area (Å²) in [5, 5.41) is 5.82. The van der Waals surface area contributed by atoms with Gasteiger partial charge in [-0.15, -0.1) is 6.42 Å². The van der Waals surface area contributed by atoms with Gasteiger partial charge < -0.3 is 20.3 Å². The lowest BCUT2D eigenvalue weighted by atomic mass is 9.95. The summed E-state index contributed by atoms with van der Waals surface area (Å²) >= 11 is 0. The fourth-order valence-electron chi connectivity index (χ4n) is 4.47. The number of hydrogen-bond acceptors (Lipinski definition) is 4. The topological polar surface area (TPSA) is 87.7 Å². The first-order chi connectivity index (χ1) is 18.3. The average molecular weight is 534 g/mol. The van der Waals surface area contributed by atoms with Crippen LogP contribution in [0.5, 0.6) is 0 Å². The van der Waals surface area contributed by atoms with Crippen molar-refractivity contribution in [2.75, 3.05) is 11.9 Å². The quantitative estimate of drug-likeness (QED) is 0.359. The molecule has 0 heterocycles. The summed E-state index contributed by atoms with van der Waals surface area (Å²) in [6.45, 7) is 15.3. The molecule has 2 aromatic carbocycles. The van der Waals surface area contributed by atoms with Crippen LogP contribution >= 0.6 is 0 Å². The zero-order valence-electron chi connectivity index (χ0n) is 24.6. The molecule has 0 radical (unpaired) electrons. The predicted molar refractivity (Wildman–Crippen MR) is 156 cm³/mol. The van der Waals surface area contributed by atoms with Gasteiger partial charge in [-0.25, -0.2) is 4.79 Å². The van der Waals surface area contributed by atoms with Gasteiger partial charge in [0.2, 0.25) is 5.91 Å². The van der Waals surface area contributed by atoms with Gasteiger partial charge in [0.25, 0.3) is 5.91 Å². The van der Waals surface area contributed by atoms with E-state index in [0.717, 1.165) is 11.1 Å². The van der Waals surface area contributed by atoms with Crippen LogP contribution in [0.15, 0.2) is 42.5 Å². The molecule has 210 valence electrons. The Kier molecular flexibility index (Phi) is 11.2. The fraction of sp³-hybridized carbons (Fsp3) is 0.469. The van der Waals surface area contributed by atoms with Gasteiger partial charge in [0, 0.05) is 17.8 Å². The van der Waals surface area contributed by atoms with E-state index in [2.05, 4.69) is 16.6 Å². The molecule has 3 amide bonds. The Balaban J connectivity index is 2.60. The molecule has 39 heavy (non-hydrogen) atoms. The first-order valence-corrected chi connectivity index (χ1v) is 13.5. The van der Waals surface area contributed by atoms with Crippen LogP contribution in [0.3, 0.4) is 0 Å². The second-order valence-electron chi connectivity index (χ2n) is 11.3. The number of carbonyl (C=O) groups excluding carboxylic acids is 3. The minimum Gasteiger partial charge on any atom is -0.444 e. The molecule has 2 aromatic rings. The molecule has 2 rings (SSSR count). The van der Waals surface area contributed by atoms with E-state index in [1.165, 1.54) is 4.90 Å². The number of benzene rings is 2. The number of anilines is 1. The summed E-state index contributed by atoms with van der Waals surface area (Å²) in [5.74, 6) is 2.01. The van der Waals surface area contributed by atoms with E-state index in [1.807, 2.05) is 52.8 Å². The highest BCUT2D eigenvalue weighted by molar-refractivity contribution is 6.00. The van der Waals surface area contributed by atoms with E-state index in [4.69, 9.17) is 11.2 Å². The molecule has 7 nitrogen and oxygen atoms in total. The molecule has 0 bridgehead atoms. The van der Waals surface area contributed by atoms with Gasteiger partial charge in [0.15, 0.2) is 0 Å². The minimum atomic E-state index is -1.01. The van der Waals surface area contributed by atoms with Crippen LogP contribution < -0.4 is 10.6 Å². The molecular weight excluding hydrogens is 490 g/mol. The molecule has 7 heteroatoms. The van der Waals surface area contributed by atoms with Crippen molar-refractivity contribution in [3.05, 3.63) is 64.7 Å². The number of rotatable bonds is 10. The summed E-state index contributed by atoms with van der Waals surface area (Å²) in [6, 6.07) is 11.0. The van der Waals surface area contributed by atoms with Crippen LogP contribution in [0, 0.1) is 32.1 Å². The van der Waals surface area contributed by atoms with Crippen molar-refractivity contribution in [3.63, 3.8) is 0 Å². The van der Waals surface area contributed by atoms with Crippen LogP contribution in [0.25, 0.3) is 0 Å². The Bertz CT molecular complexity index is 1190. The summed E-state index contributed by atoms with van der Waals surface area (Å²) < 4.78 is 5.45. The molecule has 2 N–H and O–H groups in total. The number of hydrogen-bond donors (Lipinski definition) is 2. The summed E-state index contributed by atoms with van der Waals surface area (Å²) in [6.07, 6.45) is 6.12. The molecule has 0 aliphatic rings. The Labute approximate surface area is 233 Å². The second-order valence-corrected chi connectivity index (χ2v) is 11.3. The van der Waals surface area contributed by atoms with Crippen molar-refractivity contribution in [2.45, 2.75) is 85.9 Å². The van der Waals surface area contributed by atoms with Gasteiger partial charge in [-0.3, -0.25) is 9.59 Å². The highest BCUT2D eigenvalue weighted by Gasteiger charge is 2.37. The first-order valence-electron chi connectivity index (χ1n) is 13.5. The van der Waals surface area contributed by atoms with E-state index in [-0.39, 0.29) is 24.3 Å². The Morgan fingerprint density at radius 1 is 1.03 bits per heavy atom. The third-order valence-electron chi connectivity index (χ3n) is 6.14. The maximum absolute atomic E-state index is 14.2. The molecule has 0 spiro atoms. The summed E-state index contributed by atoms with van der Waals surface area (Å²) in [4.78, 5) is 42.5. The number of nitrogens with one attached hydrogen (secondary N) is 2. The average Bonchev–Trinajstić information content (AvgIpc) is 2.84. The van der Waals surface area contributed by atoms with E-state index >= 15 is 0 Å². The Morgan fingerprint density at radius 2 is 1.64 bits per heavy atom. The third kappa shape index (κ3) is 8.88. The smallest absolute Gasteiger partial charge is 0.408 e. The van der Waals surface area contributed by atoms with Crippen LogP contribution in [0.2, 0.25) is 0 Å². The van der Waals surface area contributed by atoms with Gasteiger partial charge in [-0.1, -0.05) is 63.1 Å². The van der Waals surface area contributed by atoms with Crippen molar-refractivity contribution in [1.29, 1.82) is 0 Å². The molecular formula is C32H43N3O4. The van der Waals surface area contributed by atoms with Crippen molar-refractivity contribution in [1.82, 2.24) is 10.2 Å². The fourth-order valence-corrected chi connectivity index (χ4v) is 4.47. The number of ether oxygens (including phenoxy) is 1. The summed E-state index contributed by atoms with van der Waals surface area (Å²) in [7, 11) is 0. The maximum atomic E-state index is 14.2. The highest BCUT2D eigenvalue weighted by atomic mass is 16.6. The van der Waals surface area contributed by atoms with Crippen LogP contribution in [-0.2, 0) is 14.3 Å². The molecule has 0 fully saturated rings. The zero-order chi connectivity index (χ0) is 29.3. The lowest BCUT2D eigenvalue weighted by Gasteiger charge is -2.35. The lowest BCUT2D eigenvalue weighted by molar-refractivity contribution is -0.141. The Morgan fingerprint density at radius 3 is 2.18 bits per heavy atom. The normalized spacial score (nSPS) is 12.7. The van der Waals surface area contributed by atoms with Crippen molar-refractivity contribution in [2.24, 2.45) is 5.92 Å². The molecule has 0 saturated heterocycles. The Hall–Kier alpha value is -3.79. The zero-order valence-corrected chi connectivity index (χ0v) is 24.6. The number of aryl methyl sites for hydroxylation is 2. The van der Waals surface area contributed by atoms with E-state index in [1.54, 1.807) is 45.0 Å². The third-order valence-corrected chi connectivity index (χ3v) is 6.14. The maximum Gasteiger partial charge on any atom is 0.408 e. The number of amides is 3. The lowest BCUT2D eigenvalue weighted by Crippen LogP contribution is -2.53. The number of alkyl carbamates (subject to hydrolysis) is 1. The SMILES string of the molecule is C#Cc1ccccc1C(C(=O)Nc1c(C)cccc1C)N(CCC)C(=O)C(CC(C)C)NC(=O)OC(C)(C)C. The molecule has 0 aliphatic carbocycles. The largest absolute Gasteiger partial charge is 0.444 e. The first kappa shape index (κ1) is 31.4. The van der Waals surface area contributed by atoms with Crippen molar-refractivity contribution < 1.29 is 19.1 Å². The van der Waals surface area contributed by atoms with Gasteiger partial charge in [-0.05, 0) is 76.1 Å². The predicted octanol–water partition coefficient (Wildman–Crippen LogP) is 6.14. The molecule has 2 atom stereocenters. The molecule has 2 unspecified atom stereocenters. The molecule has 0 saturated carbocycles. The van der Waals surface area contributed by atoms with Crippen LogP contribution in [-0.4, -0.2) is 41.0 Å². The van der Waals surface area contributed by atoms with Crippen LogP contribution in [0.4, 0.5) is 10.5 Å². The highest BCUT2D eigenvalue weighted by Crippen LogP contribution is 2.29. The molecule has 0 aromatic heterocycles. The summed E-state index contributed by atoms with van der Waals surface area (Å²) in [5.41, 5.74) is 2.85. The van der Waals surface area contributed by atoms with Crippen molar-refractivity contribution in [3.8, 4) is 12.3 Å². The standard InChI is InChI=1S/C32H43N3O4/c1-10-19-35(30(37)26(20-21(3)4)33-31(38)39-32(7,8)9)28(25-18-13-12-17-24(25)11-2)29(36)34-27-22(5)15-14-16-23(27)6/h2,12-18,21,26,28H,10,19-20H2,1,3-9H3,(H,33,38)(H,34,36). The number of para-hydroxylation sites is 1. The van der Waals surface area contributed by atoms with Crippen LogP contribution in [0.1, 0.15) is 82.7 Å². The number of carbonyl (C=O) groups is 3. The van der Waals surface area contributed by atoms with Gasteiger partial charge in [0.05, 0.1) is 0 Å².